The number of para-hydroxylation sites is 1. The number of nitrogens with zero attached hydrogens (tertiary/aromatic N) is 2. The van der Waals surface area contributed by atoms with Gasteiger partial charge in [0.25, 0.3) is 0 Å². The van der Waals surface area contributed by atoms with Crippen molar-refractivity contribution in [2.45, 2.75) is 44.1 Å². The standard InChI is InChI=1S/C21H31N3.C7H5FO2.CH4FP/c1-22-15-21(19-7-8-19)24-14-11-20(16-24)23-12-9-18(10-13-23)17-5-3-2-4-6-17;8-10-7-4-2-1-3-6(7)5-9;2-1-3/h2-6,18,20,22H,7-16H2,1H3;1-5H;1,3H2. The van der Waals surface area contributed by atoms with Gasteiger partial charge in [0.05, 0.1) is 5.56 Å². The summed E-state index contributed by atoms with van der Waals surface area (Å²) in [5, 5.41) is 3.37. The normalized spacial score (nSPS) is 19.3. The molecule has 2 saturated heterocycles. The van der Waals surface area contributed by atoms with Gasteiger partial charge in [0.1, 0.15) is 6.42 Å². The molecule has 8 heteroatoms. The molecule has 3 fully saturated rings. The molecule has 5 rings (SSSR count). The summed E-state index contributed by atoms with van der Waals surface area (Å²) < 4.78 is 21.8. The summed E-state index contributed by atoms with van der Waals surface area (Å²) in [6.07, 6.45) is 6.86. The van der Waals surface area contributed by atoms with Crippen LogP contribution in [0.2, 0.25) is 0 Å². The molecule has 0 bridgehead atoms. The molecule has 5 nitrogen and oxygen atoms in total. The first-order chi connectivity index (χ1) is 18.1. The van der Waals surface area contributed by atoms with E-state index in [2.05, 4.69) is 57.4 Å². The summed E-state index contributed by atoms with van der Waals surface area (Å²) in [7, 11) is 3.99. The third-order valence-corrected chi connectivity index (χ3v) is 7.24. The summed E-state index contributed by atoms with van der Waals surface area (Å²) in [6.45, 7) is 6.10. The van der Waals surface area contributed by atoms with Crippen LogP contribution in [0.15, 0.2) is 65.9 Å². The molecule has 0 aromatic heterocycles. The molecule has 2 aromatic rings. The molecule has 1 aliphatic carbocycles. The Balaban J connectivity index is 0.000000244. The number of hydrogen-bond donors (Lipinski definition) is 1. The lowest BCUT2D eigenvalue weighted by atomic mass is 9.89. The van der Waals surface area contributed by atoms with Crippen LogP contribution in [0.4, 0.5) is 8.92 Å². The van der Waals surface area contributed by atoms with E-state index in [0.717, 1.165) is 18.5 Å². The molecular formula is C29H40F2N3O2P. The predicted octanol–water partition coefficient (Wildman–Crippen LogP) is 5.76. The smallest absolute Gasteiger partial charge is 0.182 e. The van der Waals surface area contributed by atoms with Crippen molar-refractivity contribution in [3.8, 4) is 5.75 Å². The lowest BCUT2D eigenvalue weighted by Crippen LogP contribution is -2.42. The molecular weight excluding hydrogens is 491 g/mol. The summed E-state index contributed by atoms with van der Waals surface area (Å²) in [5.74, 6) is 0.728. The molecule has 2 heterocycles. The molecule has 2 aliphatic heterocycles. The second kappa shape index (κ2) is 15.8. The summed E-state index contributed by atoms with van der Waals surface area (Å²) >= 11 is 0. The van der Waals surface area contributed by atoms with E-state index in [1.54, 1.807) is 29.0 Å². The van der Waals surface area contributed by atoms with Gasteiger partial charge in [-0.2, -0.15) is 0 Å². The van der Waals surface area contributed by atoms with E-state index < -0.39 is 0 Å². The molecule has 2 unspecified atom stereocenters. The Labute approximate surface area is 222 Å². The van der Waals surface area contributed by atoms with Gasteiger partial charge in [0.15, 0.2) is 12.0 Å². The van der Waals surface area contributed by atoms with E-state index in [1.807, 2.05) is 9.24 Å². The van der Waals surface area contributed by atoms with E-state index in [9.17, 15) is 13.7 Å². The molecule has 3 aliphatic rings. The van der Waals surface area contributed by atoms with Gasteiger partial charge in [0, 0.05) is 35.9 Å². The first-order valence-corrected chi connectivity index (χ1v) is 13.9. The Morgan fingerprint density at radius 1 is 1.05 bits per heavy atom. The van der Waals surface area contributed by atoms with E-state index >= 15 is 0 Å². The van der Waals surface area contributed by atoms with Crippen molar-refractivity contribution in [1.82, 2.24) is 15.1 Å². The predicted molar refractivity (Wildman–Crippen MR) is 149 cm³/mol. The number of aldehydes is 1. The number of likely N-dealkylation sites (N-methyl/N-ethyl adjacent to an activating group) is 1. The SMILES string of the molecule is CNCC(=C1CC1)N1CCC(N2CCC(c3ccccc3)CC2)C1.FCP.O=Cc1ccccc1OF. The summed E-state index contributed by atoms with van der Waals surface area (Å²) in [4.78, 5) is 19.0. The number of likely N-dealkylation sites (tertiary alicyclic amines) is 2. The minimum Gasteiger partial charge on any atom is -0.372 e. The molecule has 37 heavy (non-hydrogen) atoms. The van der Waals surface area contributed by atoms with Crippen LogP contribution >= 0.6 is 9.24 Å². The van der Waals surface area contributed by atoms with E-state index in [4.69, 9.17) is 0 Å². The van der Waals surface area contributed by atoms with Gasteiger partial charge >= 0.3 is 0 Å². The molecule has 202 valence electrons. The second-order valence-corrected chi connectivity index (χ2v) is 9.89. The van der Waals surface area contributed by atoms with Crippen molar-refractivity contribution in [2.24, 2.45) is 0 Å². The van der Waals surface area contributed by atoms with Crippen LogP contribution in [0.3, 0.4) is 0 Å². The number of rotatable bonds is 7. The summed E-state index contributed by atoms with van der Waals surface area (Å²) in [6, 6.07) is 18.0. The largest absolute Gasteiger partial charge is 0.372 e. The van der Waals surface area contributed by atoms with Gasteiger partial charge in [-0.3, -0.25) is 14.6 Å². The fraction of sp³-hybridized carbons (Fsp3) is 0.483. The number of piperidine rings is 1. The van der Waals surface area contributed by atoms with Crippen LogP contribution in [0.25, 0.3) is 0 Å². The number of halogens is 2. The maximum Gasteiger partial charge on any atom is 0.182 e. The Morgan fingerprint density at radius 2 is 1.70 bits per heavy atom. The fourth-order valence-corrected chi connectivity index (χ4v) is 5.24. The minimum atomic E-state index is -0.333. The zero-order valence-corrected chi connectivity index (χ0v) is 22.9. The van der Waals surface area contributed by atoms with E-state index in [-0.39, 0.29) is 17.7 Å². The van der Waals surface area contributed by atoms with Crippen molar-refractivity contribution < 1.29 is 18.7 Å². The van der Waals surface area contributed by atoms with Gasteiger partial charge in [-0.15, -0.1) is 9.24 Å². The third kappa shape index (κ3) is 8.87. The zero-order chi connectivity index (χ0) is 26.5. The van der Waals surface area contributed by atoms with Crippen LogP contribution in [0, 0.1) is 0 Å². The third-order valence-electron chi connectivity index (χ3n) is 7.24. The van der Waals surface area contributed by atoms with Crippen molar-refractivity contribution in [3.05, 3.63) is 77.0 Å². The van der Waals surface area contributed by atoms with Gasteiger partial charge < -0.3 is 10.2 Å². The van der Waals surface area contributed by atoms with Crippen molar-refractivity contribution >= 4 is 15.5 Å². The Morgan fingerprint density at radius 3 is 2.27 bits per heavy atom. The van der Waals surface area contributed by atoms with Crippen LogP contribution in [-0.2, 0) is 0 Å². The molecule has 1 N–H and O–H groups in total. The fourth-order valence-electron chi connectivity index (χ4n) is 5.24. The van der Waals surface area contributed by atoms with Gasteiger partial charge in [0.2, 0.25) is 0 Å². The maximum absolute atomic E-state index is 11.5. The Hall–Kier alpha value is -2.34. The molecule has 1 saturated carbocycles. The Bertz CT molecular complexity index is 978. The van der Waals surface area contributed by atoms with Gasteiger partial charge in [-0.25, -0.2) is 4.39 Å². The number of carbonyl (C=O) groups excluding carboxylic acids is 1. The van der Waals surface area contributed by atoms with E-state index in [0.29, 0.717) is 6.29 Å². The second-order valence-electron chi connectivity index (χ2n) is 9.58. The van der Waals surface area contributed by atoms with Crippen molar-refractivity contribution in [3.63, 3.8) is 0 Å². The highest BCUT2D eigenvalue weighted by atomic mass is 31.0. The average molecular weight is 532 g/mol. The quantitative estimate of drug-likeness (QED) is 0.364. The molecule has 0 spiro atoms. The zero-order valence-electron chi connectivity index (χ0n) is 21.8. The topological polar surface area (TPSA) is 44.8 Å². The van der Waals surface area contributed by atoms with Crippen LogP contribution in [0.5, 0.6) is 5.75 Å². The number of benzene rings is 2. The highest BCUT2D eigenvalue weighted by Gasteiger charge is 2.33. The summed E-state index contributed by atoms with van der Waals surface area (Å²) in [5.41, 5.74) is 5.07. The van der Waals surface area contributed by atoms with Crippen LogP contribution in [0.1, 0.15) is 53.9 Å². The first-order valence-electron chi connectivity index (χ1n) is 13.1. The Kier molecular flexibility index (Phi) is 12.5. The molecule has 0 radical (unpaired) electrons. The van der Waals surface area contributed by atoms with Crippen molar-refractivity contribution in [2.75, 3.05) is 46.2 Å². The lowest BCUT2D eigenvalue weighted by molar-refractivity contribution is -0.00683. The minimum absolute atomic E-state index is 0.0440. The lowest BCUT2D eigenvalue weighted by Gasteiger charge is -2.36. The number of hydrogen-bond acceptors (Lipinski definition) is 5. The monoisotopic (exact) mass is 531 g/mol. The number of allylic oxidation sites excluding steroid dienone is 1. The van der Waals surface area contributed by atoms with Crippen LogP contribution in [-0.4, -0.2) is 68.3 Å². The highest BCUT2D eigenvalue weighted by molar-refractivity contribution is 7.16. The van der Waals surface area contributed by atoms with Gasteiger partial charge in [-0.1, -0.05) is 42.5 Å². The van der Waals surface area contributed by atoms with E-state index in [1.165, 1.54) is 70.4 Å². The first kappa shape index (κ1) is 29.2. The molecule has 0 amide bonds. The van der Waals surface area contributed by atoms with Gasteiger partial charge in [-0.05, 0) is 81.4 Å². The number of nitrogens with one attached hydrogen (secondary N) is 1. The molecule has 2 aromatic carbocycles. The number of alkyl halides is 1. The van der Waals surface area contributed by atoms with Crippen LogP contribution < -0.4 is 10.3 Å². The van der Waals surface area contributed by atoms with Crippen molar-refractivity contribution in [1.29, 1.82) is 0 Å². The maximum atomic E-state index is 11.5. The number of carbonyl (C=O) groups is 1. The highest BCUT2D eigenvalue weighted by Crippen LogP contribution is 2.35. The molecule has 2 atom stereocenters. The average Bonchev–Trinajstić information content (AvgIpc) is 3.68.